The number of anilines is 1. The highest BCUT2D eigenvalue weighted by atomic mass is 16.3. The van der Waals surface area contributed by atoms with Crippen molar-refractivity contribution in [3.63, 3.8) is 0 Å². The summed E-state index contributed by atoms with van der Waals surface area (Å²) in [5.41, 5.74) is 2.53. The molecule has 28 heavy (non-hydrogen) atoms. The van der Waals surface area contributed by atoms with Crippen LogP contribution in [0.5, 0.6) is 0 Å². The number of nitrogens with one attached hydrogen (secondary N) is 1. The van der Waals surface area contributed by atoms with E-state index in [1.165, 1.54) is 6.07 Å². The number of aromatic nitrogens is 2. The number of fused-ring (bicyclic) bond motifs is 2. The van der Waals surface area contributed by atoms with Crippen LogP contribution in [0, 0.1) is 0 Å². The topological polar surface area (TPSA) is 77.1 Å². The monoisotopic (exact) mass is 375 g/mol. The van der Waals surface area contributed by atoms with Crippen molar-refractivity contribution >= 4 is 33.6 Å². The fourth-order valence-corrected chi connectivity index (χ4v) is 3.08. The molecule has 2 heterocycles. The molecule has 0 radical (unpaired) electrons. The van der Waals surface area contributed by atoms with Crippen molar-refractivity contribution in [3.05, 3.63) is 70.8 Å². The predicted octanol–water partition coefficient (Wildman–Crippen LogP) is 4.08. The second-order valence-corrected chi connectivity index (χ2v) is 7.82. The average molecular weight is 375 g/mol. The molecule has 0 aliphatic heterocycles. The average Bonchev–Trinajstić information content (AvgIpc) is 3.08. The number of amides is 1. The lowest BCUT2D eigenvalue weighted by Crippen LogP contribution is -2.20. The van der Waals surface area contributed by atoms with Crippen LogP contribution in [0.15, 0.2) is 63.9 Å². The van der Waals surface area contributed by atoms with Gasteiger partial charge in [-0.1, -0.05) is 32.9 Å². The van der Waals surface area contributed by atoms with Crippen LogP contribution in [0.25, 0.3) is 22.0 Å². The first kappa shape index (κ1) is 18.0. The third-order valence-electron chi connectivity index (χ3n) is 4.51. The number of hydrogen-bond acceptors (Lipinski definition) is 4. The summed E-state index contributed by atoms with van der Waals surface area (Å²) < 4.78 is 7.55. The SMILES string of the molecule is CC(C)(C)c1nc2cc(NC(=O)Cn3ccc(=O)c4ccccc43)ccc2o1. The van der Waals surface area contributed by atoms with Crippen LogP contribution in [0.2, 0.25) is 0 Å². The third-order valence-corrected chi connectivity index (χ3v) is 4.51. The van der Waals surface area contributed by atoms with Crippen LogP contribution in [0.1, 0.15) is 26.7 Å². The Morgan fingerprint density at radius 2 is 1.93 bits per heavy atom. The predicted molar refractivity (Wildman–Crippen MR) is 110 cm³/mol. The van der Waals surface area contributed by atoms with E-state index in [4.69, 9.17) is 4.42 Å². The van der Waals surface area contributed by atoms with Crippen molar-refractivity contribution in [1.29, 1.82) is 0 Å². The summed E-state index contributed by atoms with van der Waals surface area (Å²) >= 11 is 0. The van der Waals surface area contributed by atoms with Gasteiger partial charge in [-0.05, 0) is 30.3 Å². The Labute approximate surface area is 161 Å². The summed E-state index contributed by atoms with van der Waals surface area (Å²) in [5, 5.41) is 3.48. The first-order valence-electron chi connectivity index (χ1n) is 9.10. The Balaban J connectivity index is 1.57. The molecule has 0 bridgehead atoms. The molecule has 0 aliphatic carbocycles. The van der Waals surface area contributed by atoms with Gasteiger partial charge in [-0.2, -0.15) is 0 Å². The van der Waals surface area contributed by atoms with Gasteiger partial charge in [-0.15, -0.1) is 0 Å². The Bertz CT molecular complexity index is 1250. The van der Waals surface area contributed by atoms with Crippen molar-refractivity contribution in [1.82, 2.24) is 9.55 Å². The van der Waals surface area contributed by atoms with E-state index in [1.807, 2.05) is 45.0 Å². The molecule has 2 aromatic carbocycles. The standard InChI is InChI=1S/C22H21N3O3/c1-22(2,3)21-24-16-12-14(8-9-19(16)28-21)23-20(27)13-25-11-10-18(26)15-6-4-5-7-17(15)25/h4-12H,13H2,1-3H3,(H,23,27). The Morgan fingerprint density at radius 3 is 2.71 bits per heavy atom. The number of oxazole rings is 1. The number of para-hydroxylation sites is 1. The lowest BCUT2D eigenvalue weighted by atomic mass is 9.97. The molecule has 0 unspecified atom stereocenters. The molecule has 0 atom stereocenters. The van der Waals surface area contributed by atoms with Gasteiger partial charge < -0.3 is 14.3 Å². The normalized spacial score (nSPS) is 11.8. The molecule has 1 amide bonds. The van der Waals surface area contributed by atoms with Gasteiger partial charge in [0, 0.05) is 28.8 Å². The molecule has 0 spiro atoms. The second-order valence-electron chi connectivity index (χ2n) is 7.82. The largest absolute Gasteiger partial charge is 0.440 e. The van der Waals surface area contributed by atoms with E-state index in [-0.39, 0.29) is 23.3 Å². The summed E-state index contributed by atoms with van der Waals surface area (Å²) in [6.07, 6.45) is 1.64. The van der Waals surface area contributed by atoms with Crippen LogP contribution in [0.3, 0.4) is 0 Å². The second kappa shape index (κ2) is 6.64. The van der Waals surface area contributed by atoms with Crippen molar-refractivity contribution in [3.8, 4) is 0 Å². The summed E-state index contributed by atoms with van der Waals surface area (Å²) in [6.45, 7) is 6.21. The molecule has 6 heteroatoms. The minimum atomic E-state index is -0.187. The third kappa shape index (κ3) is 3.41. The summed E-state index contributed by atoms with van der Waals surface area (Å²) in [4.78, 5) is 29.1. The molecule has 0 saturated heterocycles. The maximum atomic E-state index is 12.6. The van der Waals surface area contributed by atoms with Gasteiger partial charge in [0.15, 0.2) is 11.0 Å². The number of benzene rings is 2. The maximum absolute atomic E-state index is 12.6. The molecule has 4 aromatic rings. The Hall–Kier alpha value is -3.41. The van der Waals surface area contributed by atoms with Crippen molar-refractivity contribution in [2.24, 2.45) is 0 Å². The highest BCUT2D eigenvalue weighted by Gasteiger charge is 2.21. The van der Waals surface area contributed by atoms with Crippen LogP contribution in [-0.2, 0) is 16.8 Å². The fourth-order valence-electron chi connectivity index (χ4n) is 3.08. The van der Waals surface area contributed by atoms with Gasteiger partial charge in [0.05, 0.1) is 5.52 Å². The van der Waals surface area contributed by atoms with Crippen LogP contribution in [-0.4, -0.2) is 15.5 Å². The van der Waals surface area contributed by atoms with E-state index in [0.717, 1.165) is 5.52 Å². The molecule has 1 N–H and O–H groups in total. The van der Waals surface area contributed by atoms with Crippen LogP contribution < -0.4 is 10.7 Å². The molecule has 6 nitrogen and oxygen atoms in total. The van der Waals surface area contributed by atoms with E-state index in [2.05, 4.69) is 10.3 Å². The quantitative estimate of drug-likeness (QED) is 0.585. The van der Waals surface area contributed by atoms with Crippen molar-refractivity contribution in [2.75, 3.05) is 5.32 Å². The van der Waals surface area contributed by atoms with Crippen LogP contribution in [0.4, 0.5) is 5.69 Å². The molecule has 0 fully saturated rings. The number of nitrogens with zero attached hydrogens (tertiary/aromatic N) is 2. The zero-order valence-electron chi connectivity index (χ0n) is 16.0. The first-order valence-corrected chi connectivity index (χ1v) is 9.10. The zero-order valence-corrected chi connectivity index (χ0v) is 16.0. The van der Waals surface area contributed by atoms with Crippen molar-refractivity contribution in [2.45, 2.75) is 32.7 Å². The van der Waals surface area contributed by atoms with Gasteiger partial charge in [-0.3, -0.25) is 9.59 Å². The molecule has 2 aromatic heterocycles. The van der Waals surface area contributed by atoms with Gasteiger partial charge in [0.1, 0.15) is 12.1 Å². The number of carbonyl (C=O) groups excluding carboxylic acids is 1. The van der Waals surface area contributed by atoms with Gasteiger partial charge in [0.25, 0.3) is 0 Å². The van der Waals surface area contributed by atoms with E-state index in [1.54, 1.807) is 29.0 Å². The summed E-state index contributed by atoms with van der Waals surface area (Å²) in [5.74, 6) is 0.471. The number of rotatable bonds is 3. The highest BCUT2D eigenvalue weighted by molar-refractivity contribution is 5.93. The molecular formula is C22H21N3O3. The zero-order chi connectivity index (χ0) is 19.9. The molecule has 0 saturated carbocycles. The highest BCUT2D eigenvalue weighted by Crippen LogP contribution is 2.27. The summed E-state index contributed by atoms with van der Waals surface area (Å²) in [7, 11) is 0. The van der Waals surface area contributed by atoms with E-state index in [9.17, 15) is 9.59 Å². The number of hydrogen-bond donors (Lipinski definition) is 1. The molecule has 0 aliphatic rings. The van der Waals surface area contributed by atoms with E-state index in [0.29, 0.717) is 28.1 Å². The molecular weight excluding hydrogens is 354 g/mol. The van der Waals surface area contributed by atoms with Crippen LogP contribution >= 0.6 is 0 Å². The Morgan fingerprint density at radius 1 is 1.14 bits per heavy atom. The minimum Gasteiger partial charge on any atom is -0.440 e. The van der Waals surface area contributed by atoms with Gasteiger partial charge >= 0.3 is 0 Å². The summed E-state index contributed by atoms with van der Waals surface area (Å²) in [6, 6.07) is 14.1. The Kier molecular flexibility index (Phi) is 4.26. The van der Waals surface area contributed by atoms with Crippen molar-refractivity contribution < 1.29 is 9.21 Å². The van der Waals surface area contributed by atoms with Gasteiger partial charge in [0.2, 0.25) is 11.8 Å². The number of carbonyl (C=O) groups is 1. The minimum absolute atomic E-state index is 0.0570. The molecule has 142 valence electrons. The fraction of sp³-hybridized carbons (Fsp3) is 0.227. The van der Waals surface area contributed by atoms with E-state index >= 15 is 0 Å². The lowest BCUT2D eigenvalue weighted by molar-refractivity contribution is -0.116. The number of pyridine rings is 1. The smallest absolute Gasteiger partial charge is 0.244 e. The van der Waals surface area contributed by atoms with Gasteiger partial charge in [-0.25, -0.2) is 4.98 Å². The molecule has 4 rings (SSSR count). The van der Waals surface area contributed by atoms with E-state index < -0.39 is 0 Å². The maximum Gasteiger partial charge on any atom is 0.244 e. The lowest BCUT2D eigenvalue weighted by Gasteiger charge is -2.11. The first-order chi connectivity index (χ1) is 13.3.